The molecule has 66 heavy (non-hydrogen) atoms. The molecule has 0 amide bonds. The lowest BCUT2D eigenvalue weighted by molar-refractivity contribution is 0.590. The number of hydrogen-bond acceptors (Lipinski definition) is 0. The Labute approximate surface area is 380 Å². The van der Waals surface area contributed by atoms with Crippen LogP contribution in [0.4, 0.5) is 0 Å². The molecule has 6 aromatic heterocycles. The summed E-state index contributed by atoms with van der Waals surface area (Å²) in [6, 6.07) is 64.7. The van der Waals surface area contributed by atoms with E-state index in [1.807, 2.05) is 0 Å². The molecular formula is C62H46N4. The van der Waals surface area contributed by atoms with E-state index >= 15 is 0 Å². The van der Waals surface area contributed by atoms with E-state index in [0.717, 1.165) is 0 Å². The number of fused-ring (bicyclic) bond motifs is 20. The van der Waals surface area contributed by atoms with Crippen LogP contribution in [-0.4, -0.2) is 17.9 Å². The second-order valence-electron chi connectivity index (χ2n) is 21.0. The minimum absolute atomic E-state index is 0.0787. The molecule has 0 aliphatic carbocycles. The molecular weight excluding hydrogens is 801 g/mol. The van der Waals surface area contributed by atoms with Crippen LogP contribution in [0.5, 0.6) is 0 Å². The van der Waals surface area contributed by atoms with Gasteiger partial charge in [0, 0.05) is 76.0 Å². The number of aromatic nitrogens is 4. The van der Waals surface area contributed by atoms with Gasteiger partial charge in [0.25, 0.3) is 0 Å². The minimum Gasteiger partial charge on any atom is -0.309 e. The number of para-hydroxylation sites is 4. The zero-order chi connectivity index (χ0) is 44.1. The first-order valence-corrected chi connectivity index (χ1v) is 23.4. The molecule has 0 fully saturated rings. The van der Waals surface area contributed by atoms with Crippen molar-refractivity contribution in [2.45, 2.75) is 52.4 Å². The maximum absolute atomic E-state index is 2.57. The molecule has 9 aromatic carbocycles. The molecule has 0 bridgehead atoms. The lowest BCUT2D eigenvalue weighted by Gasteiger charge is -2.19. The Morgan fingerprint density at radius 3 is 1.05 bits per heavy atom. The first-order valence-electron chi connectivity index (χ1n) is 23.4. The predicted octanol–water partition coefficient (Wildman–Crippen LogP) is 16.8. The number of nitrogens with zero attached hydrogens (tertiary/aromatic N) is 4. The van der Waals surface area contributed by atoms with Crippen molar-refractivity contribution in [1.82, 2.24) is 17.9 Å². The Morgan fingerprint density at radius 1 is 0.273 bits per heavy atom. The first-order chi connectivity index (χ1) is 32.0. The molecule has 0 unspecified atom stereocenters. The molecule has 15 aromatic rings. The summed E-state index contributed by atoms with van der Waals surface area (Å²) in [5, 5.41) is 15.5. The Bertz CT molecular complexity index is 4260. The topological polar surface area (TPSA) is 18.7 Å². The van der Waals surface area contributed by atoms with Gasteiger partial charge in [0.1, 0.15) is 0 Å². The van der Waals surface area contributed by atoms with Crippen LogP contribution in [0.1, 0.15) is 52.7 Å². The van der Waals surface area contributed by atoms with E-state index in [9.17, 15) is 0 Å². The van der Waals surface area contributed by atoms with Gasteiger partial charge >= 0.3 is 0 Å². The Kier molecular flexibility index (Phi) is 6.69. The highest BCUT2D eigenvalue weighted by Crippen LogP contribution is 2.49. The minimum atomic E-state index is 0.0787. The largest absolute Gasteiger partial charge is 0.309 e. The normalized spacial score (nSPS) is 13.3. The monoisotopic (exact) mass is 846 g/mol. The molecule has 15 rings (SSSR count). The predicted molar refractivity (Wildman–Crippen MR) is 282 cm³/mol. The van der Waals surface area contributed by atoms with Crippen LogP contribution in [0.25, 0.3) is 131 Å². The molecule has 0 saturated heterocycles. The Balaban J connectivity index is 1.04. The van der Waals surface area contributed by atoms with Crippen molar-refractivity contribution < 1.29 is 0 Å². The number of hydrogen-bond donors (Lipinski definition) is 0. The van der Waals surface area contributed by atoms with E-state index in [1.54, 1.807) is 0 Å². The molecule has 6 heterocycles. The Hall–Kier alpha value is -7.82. The highest BCUT2D eigenvalue weighted by molar-refractivity contribution is 6.34. The van der Waals surface area contributed by atoms with Crippen LogP contribution in [0, 0.1) is 0 Å². The summed E-state index contributed by atoms with van der Waals surface area (Å²) >= 11 is 0. The lowest BCUT2D eigenvalue weighted by Crippen LogP contribution is -2.10. The van der Waals surface area contributed by atoms with E-state index in [0.29, 0.717) is 0 Å². The summed E-state index contributed by atoms with van der Waals surface area (Å²) in [7, 11) is 0. The first kappa shape index (κ1) is 36.5. The van der Waals surface area contributed by atoms with Gasteiger partial charge in [-0.1, -0.05) is 151 Å². The maximum atomic E-state index is 2.57. The van der Waals surface area contributed by atoms with E-state index in [-0.39, 0.29) is 10.8 Å². The number of benzene rings is 9. The SMILES string of the molecule is CC(C)(C)c1ccc(-n2c3ccccc3c3ccc4c(c5cccc6c7cc8c(cc7n4c65)c4cccc5c6c7c(ccc6n8c45)c4ccccc4n7-c4ccc(C(C)(C)C)cc4)c32)cc1. The molecule has 0 radical (unpaired) electrons. The van der Waals surface area contributed by atoms with Gasteiger partial charge in [0.05, 0.1) is 55.2 Å². The zero-order valence-corrected chi connectivity index (χ0v) is 38.0. The third-order valence-electron chi connectivity index (χ3n) is 15.3. The summed E-state index contributed by atoms with van der Waals surface area (Å²) in [5.74, 6) is 0. The van der Waals surface area contributed by atoms with Crippen molar-refractivity contribution in [2.75, 3.05) is 0 Å². The van der Waals surface area contributed by atoms with Crippen LogP contribution < -0.4 is 0 Å². The van der Waals surface area contributed by atoms with Gasteiger partial charge in [0.15, 0.2) is 0 Å². The maximum Gasteiger partial charge on any atom is 0.0641 e. The van der Waals surface area contributed by atoms with E-state index in [1.165, 1.54) is 142 Å². The van der Waals surface area contributed by atoms with Gasteiger partial charge in [-0.15, -0.1) is 0 Å². The fourth-order valence-electron chi connectivity index (χ4n) is 12.3. The molecule has 0 saturated carbocycles. The molecule has 0 spiro atoms. The molecule has 4 nitrogen and oxygen atoms in total. The van der Waals surface area contributed by atoms with Crippen molar-refractivity contribution in [3.05, 3.63) is 181 Å². The van der Waals surface area contributed by atoms with Crippen molar-refractivity contribution in [2.24, 2.45) is 0 Å². The van der Waals surface area contributed by atoms with E-state index in [4.69, 9.17) is 0 Å². The summed E-state index contributed by atoms with van der Waals surface area (Å²) < 4.78 is 10.2. The Morgan fingerprint density at radius 2 is 0.636 bits per heavy atom. The second-order valence-corrected chi connectivity index (χ2v) is 21.0. The van der Waals surface area contributed by atoms with E-state index < -0.39 is 0 Å². The van der Waals surface area contributed by atoms with Gasteiger partial charge < -0.3 is 17.9 Å². The van der Waals surface area contributed by atoms with Gasteiger partial charge in [0.2, 0.25) is 0 Å². The van der Waals surface area contributed by atoms with Crippen molar-refractivity contribution in [1.29, 1.82) is 0 Å². The van der Waals surface area contributed by atoms with Crippen LogP contribution in [-0.2, 0) is 10.8 Å². The summed E-state index contributed by atoms with van der Waals surface area (Å²) in [4.78, 5) is 0. The average molecular weight is 847 g/mol. The zero-order valence-electron chi connectivity index (χ0n) is 38.0. The standard InChI is InChI=1S/C62H46N4/c1-61(2,3)35-21-25-37(26-22-35)63-49-19-9-7-13-39(49)43-29-31-51-55(59(43)63)45-17-11-15-41-47-34-54-48(33-53(47)65(51)57(41)45)42-16-12-18-46-56-52(66(54)58(42)46)32-30-44-40-14-8-10-20-50(40)64(60(44)56)38-27-23-36(24-28-38)62(4,5)6/h7-34H,1-6H3. The smallest absolute Gasteiger partial charge is 0.0641 e. The molecule has 0 aliphatic heterocycles. The van der Waals surface area contributed by atoms with Gasteiger partial charge in [-0.3, -0.25) is 0 Å². The van der Waals surface area contributed by atoms with Gasteiger partial charge in [-0.25, -0.2) is 0 Å². The fourth-order valence-corrected chi connectivity index (χ4v) is 12.3. The third kappa shape index (κ3) is 4.44. The highest BCUT2D eigenvalue weighted by Gasteiger charge is 2.27. The molecule has 0 aliphatic rings. The molecule has 0 atom stereocenters. The fraction of sp³-hybridized carbons (Fsp3) is 0.129. The van der Waals surface area contributed by atoms with Gasteiger partial charge in [-0.2, -0.15) is 0 Å². The van der Waals surface area contributed by atoms with Crippen LogP contribution >= 0.6 is 0 Å². The average Bonchev–Trinajstić information content (AvgIpc) is 4.16. The van der Waals surface area contributed by atoms with Crippen molar-refractivity contribution in [3.8, 4) is 11.4 Å². The molecule has 4 heteroatoms. The molecule has 0 N–H and O–H groups in total. The van der Waals surface area contributed by atoms with Crippen LogP contribution in [0.2, 0.25) is 0 Å². The van der Waals surface area contributed by atoms with Crippen molar-refractivity contribution in [3.63, 3.8) is 0 Å². The van der Waals surface area contributed by atoms with Crippen LogP contribution in [0.3, 0.4) is 0 Å². The molecule has 314 valence electrons. The van der Waals surface area contributed by atoms with Crippen molar-refractivity contribution >= 4 is 120 Å². The van der Waals surface area contributed by atoms with Crippen LogP contribution in [0.15, 0.2) is 170 Å². The second kappa shape index (κ2) is 12.1. The van der Waals surface area contributed by atoms with Gasteiger partial charge in [-0.05, 0) is 82.6 Å². The summed E-state index contributed by atoms with van der Waals surface area (Å²) in [6.07, 6.45) is 0. The highest BCUT2D eigenvalue weighted by atomic mass is 15.0. The quantitative estimate of drug-likeness (QED) is 0.165. The third-order valence-corrected chi connectivity index (χ3v) is 15.3. The number of rotatable bonds is 2. The summed E-state index contributed by atoms with van der Waals surface area (Å²) in [6.45, 7) is 13.7. The van der Waals surface area contributed by atoms with E-state index in [2.05, 4.69) is 229 Å². The summed E-state index contributed by atoms with van der Waals surface area (Å²) in [5.41, 5.74) is 17.8. The lowest BCUT2D eigenvalue weighted by atomic mass is 9.87.